The molecular weight excluding hydrogens is 234 g/mol. The summed E-state index contributed by atoms with van der Waals surface area (Å²) in [7, 11) is 0. The van der Waals surface area contributed by atoms with Gasteiger partial charge < -0.3 is 15.4 Å². The van der Waals surface area contributed by atoms with Gasteiger partial charge in [-0.2, -0.15) is 0 Å². The van der Waals surface area contributed by atoms with Crippen molar-refractivity contribution in [2.45, 2.75) is 39.2 Å². The number of carbonyl (C=O) groups is 2. The van der Waals surface area contributed by atoms with Crippen LogP contribution in [0.2, 0.25) is 0 Å². The lowest BCUT2D eigenvalue weighted by molar-refractivity contribution is -0.142. The molecule has 100 valence electrons. The van der Waals surface area contributed by atoms with Crippen LogP contribution in [0.3, 0.4) is 0 Å². The number of imidazole rings is 1. The Hall–Kier alpha value is -1.85. The van der Waals surface area contributed by atoms with E-state index in [1.54, 1.807) is 6.20 Å². The zero-order valence-electron chi connectivity index (χ0n) is 10.6. The molecule has 0 spiro atoms. The minimum Gasteiger partial charge on any atom is -0.480 e. The molecule has 0 fully saturated rings. The molecule has 0 aliphatic carbocycles. The number of nitrogens with one attached hydrogen (secondary N) is 2. The number of amides is 1. The normalized spacial score (nSPS) is 12.4. The minimum absolute atomic E-state index is 0.131. The van der Waals surface area contributed by atoms with Gasteiger partial charge in [-0.05, 0) is 12.8 Å². The lowest BCUT2D eigenvalue weighted by atomic mass is 10.0. The van der Waals surface area contributed by atoms with E-state index < -0.39 is 12.0 Å². The fourth-order valence-corrected chi connectivity index (χ4v) is 1.77. The number of rotatable bonds is 7. The molecule has 1 amide bonds. The third kappa shape index (κ3) is 3.87. The first kappa shape index (κ1) is 14.2. The van der Waals surface area contributed by atoms with Gasteiger partial charge in [0.2, 0.25) is 5.91 Å². The third-order valence-corrected chi connectivity index (χ3v) is 2.95. The fraction of sp³-hybridized carbons (Fsp3) is 0.583. The van der Waals surface area contributed by atoms with Gasteiger partial charge in [-0.3, -0.25) is 4.79 Å². The summed E-state index contributed by atoms with van der Waals surface area (Å²) in [4.78, 5) is 29.6. The Morgan fingerprint density at radius 3 is 2.56 bits per heavy atom. The number of aliphatic carboxylic acids is 1. The molecule has 6 nitrogen and oxygen atoms in total. The minimum atomic E-state index is -1.04. The second-order valence-corrected chi connectivity index (χ2v) is 4.19. The SMILES string of the molecule is CCC(CC)C(=O)NC(Cc1cnc[nH]1)C(=O)O. The number of aromatic nitrogens is 2. The highest BCUT2D eigenvalue weighted by molar-refractivity contribution is 5.85. The molecule has 0 aliphatic heterocycles. The van der Waals surface area contributed by atoms with Crippen LogP contribution >= 0.6 is 0 Å². The molecule has 1 rings (SSSR count). The first-order valence-electron chi connectivity index (χ1n) is 6.08. The molecule has 0 aliphatic rings. The van der Waals surface area contributed by atoms with Gasteiger partial charge >= 0.3 is 5.97 Å². The Kier molecular flexibility index (Phi) is 5.35. The topological polar surface area (TPSA) is 95.1 Å². The molecule has 6 heteroatoms. The summed E-state index contributed by atoms with van der Waals surface area (Å²) in [6.45, 7) is 3.83. The molecule has 1 unspecified atom stereocenters. The van der Waals surface area contributed by atoms with Crippen molar-refractivity contribution < 1.29 is 14.7 Å². The summed E-state index contributed by atoms with van der Waals surface area (Å²) in [5, 5.41) is 11.7. The summed E-state index contributed by atoms with van der Waals surface area (Å²) in [5.74, 6) is -1.37. The third-order valence-electron chi connectivity index (χ3n) is 2.95. The molecule has 1 heterocycles. The smallest absolute Gasteiger partial charge is 0.326 e. The van der Waals surface area contributed by atoms with E-state index >= 15 is 0 Å². The predicted octanol–water partition coefficient (Wildman–Crippen LogP) is 0.958. The highest BCUT2D eigenvalue weighted by atomic mass is 16.4. The maximum absolute atomic E-state index is 11.8. The Morgan fingerprint density at radius 2 is 2.11 bits per heavy atom. The van der Waals surface area contributed by atoms with E-state index in [0.29, 0.717) is 18.5 Å². The van der Waals surface area contributed by atoms with E-state index in [-0.39, 0.29) is 18.2 Å². The average molecular weight is 253 g/mol. The van der Waals surface area contributed by atoms with E-state index in [1.807, 2.05) is 13.8 Å². The Morgan fingerprint density at radius 1 is 1.44 bits per heavy atom. The van der Waals surface area contributed by atoms with Gasteiger partial charge in [-0.15, -0.1) is 0 Å². The van der Waals surface area contributed by atoms with Crippen LogP contribution in [0, 0.1) is 5.92 Å². The molecule has 0 aromatic carbocycles. The maximum atomic E-state index is 11.8. The van der Waals surface area contributed by atoms with Crippen molar-refractivity contribution in [3.05, 3.63) is 18.2 Å². The van der Waals surface area contributed by atoms with Crippen molar-refractivity contribution >= 4 is 11.9 Å². The number of H-pyrrole nitrogens is 1. The van der Waals surface area contributed by atoms with Crippen LogP contribution in [0.15, 0.2) is 12.5 Å². The molecular formula is C12H19N3O3. The molecule has 0 radical (unpaired) electrons. The van der Waals surface area contributed by atoms with Crippen molar-refractivity contribution in [2.75, 3.05) is 0 Å². The second kappa shape index (κ2) is 6.78. The summed E-state index contributed by atoms with van der Waals surface area (Å²) < 4.78 is 0. The highest BCUT2D eigenvalue weighted by Crippen LogP contribution is 2.08. The molecule has 18 heavy (non-hydrogen) atoms. The number of hydrogen-bond donors (Lipinski definition) is 3. The maximum Gasteiger partial charge on any atom is 0.326 e. The molecule has 0 bridgehead atoms. The van der Waals surface area contributed by atoms with E-state index in [9.17, 15) is 9.59 Å². The van der Waals surface area contributed by atoms with Crippen LogP contribution in [0.5, 0.6) is 0 Å². The molecule has 1 atom stereocenters. The van der Waals surface area contributed by atoms with Gasteiger partial charge in [0, 0.05) is 24.2 Å². The second-order valence-electron chi connectivity index (χ2n) is 4.19. The van der Waals surface area contributed by atoms with Crippen molar-refractivity contribution in [2.24, 2.45) is 5.92 Å². The van der Waals surface area contributed by atoms with Crippen LogP contribution in [-0.2, 0) is 16.0 Å². The first-order valence-corrected chi connectivity index (χ1v) is 6.08. The quantitative estimate of drug-likeness (QED) is 0.674. The molecule has 3 N–H and O–H groups in total. The van der Waals surface area contributed by atoms with Crippen LogP contribution in [0.1, 0.15) is 32.4 Å². The summed E-state index contributed by atoms with van der Waals surface area (Å²) in [6, 6.07) is -0.918. The van der Waals surface area contributed by atoms with Crippen LogP contribution in [0.25, 0.3) is 0 Å². The van der Waals surface area contributed by atoms with Crippen molar-refractivity contribution in [1.29, 1.82) is 0 Å². The highest BCUT2D eigenvalue weighted by Gasteiger charge is 2.24. The fourth-order valence-electron chi connectivity index (χ4n) is 1.77. The number of nitrogens with zero attached hydrogens (tertiary/aromatic N) is 1. The van der Waals surface area contributed by atoms with Crippen LogP contribution in [-0.4, -0.2) is 33.0 Å². The van der Waals surface area contributed by atoms with Gasteiger partial charge in [0.05, 0.1) is 6.33 Å². The average Bonchev–Trinajstić information content (AvgIpc) is 2.82. The largest absolute Gasteiger partial charge is 0.480 e. The van der Waals surface area contributed by atoms with Crippen LogP contribution in [0.4, 0.5) is 0 Å². The summed E-state index contributed by atoms with van der Waals surface area (Å²) >= 11 is 0. The van der Waals surface area contributed by atoms with Crippen molar-refractivity contribution in [1.82, 2.24) is 15.3 Å². The number of carbonyl (C=O) groups excluding carboxylic acids is 1. The van der Waals surface area contributed by atoms with Gasteiger partial charge in [0.25, 0.3) is 0 Å². The molecule has 0 saturated heterocycles. The summed E-state index contributed by atoms with van der Waals surface area (Å²) in [5.41, 5.74) is 0.687. The zero-order valence-corrected chi connectivity index (χ0v) is 10.6. The Labute approximate surface area is 106 Å². The monoisotopic (exact) mass is 253 g/mol. The lowest BCUT2D eigenvalue weighted by Crippen LogP contribution is -2.44. The first-order chi connectivity index (χ1) is 8.58. The van der Waals surface area contributed by atoms with Crippen LogP contribution < -0.4 is 5.32 Å². The molecule has 1 aromatic heterocycles. The Balaban J connectivity index is 2.63. The van der Waals surface area contributed by atoms with Gasteiger partial charge in [-0.25, -0.2) is 9.78 Å². The standard InChI is InChI=1S/C12H19N3O3/c1-3-8(4-2)11(16)15-10(12(17)18)5-9-6-13-7-14-9/h6-8,10H,3-5H2,1-2H3,(H,13,14)(H,15,16)(H,17,18). The van der Waals surface area contributed by atoms with Crippen molar-refractivity contribution in [3.63, 3.8) is 0 Å². The Bertz CT molecular complexity index is 385. The lowest BCUT2D eigenvalue weighted by Gasteiger charge is -2.17. The van der Waals surface area contributed by atoms with Gasteiger partial charge in [0.1, 0.15) is 6.04 Å². The van der Waals surface area contributed by atoms with E-state index in [4.69, 9.17) is 5.11 Å². The number of aromatic amines is 1. The summed E-state index contributed by atoms with van der Waals surface area (Å²) in [6.07, 6.45) is 4.66. The van der Waals surface area contributed by atoms with E-state index in [0.717, 1.165) is 0 Å². The number of carboxylic acid groups (broad SMARTS) is 1. The number of hydrogen-bond acceptors (Lipinski definition) is 3. The van der Waals surface area contributed by atoms with Gasteiger partial charge in [-0.1, -0.05) is 13.8 Å². The van der Waals surface area contributed by atoms with E-state index in [1.165, 1.54) is 6.33 Å². The van der Waals surface area contributed by atoms with Crippen molar-refractivity contribution in [3.8, 4) is 0 Å². The predicted molar refractivity (Wildman–Crippen MR) is 65.9 cm³/mol. The zero-order chi connectivity index (χ0) is 13.5. The molecule has 0 saturated carbocycles. The van der Waals surface area contributed by atoms with Gasteiger partial charge in [0.15, 0.2) is 0 Å². The molecule has 1 aromatic rings. The van der Waals surface area contributed by atoms with E-state index in [2.05, 4.69) is 15.3 Å². The number of carboxylic acids is 1.